The maximum atomic E-state index is 12.4. The lowest BCUT2D eigenvalue weighted by atomic mass is 10.0. The molecule has 1 aliphatic heterocycles. The number of nitrogens with two attached hydrogens (primary N) is 2. The first-order chi connectivity index (χ1) is 15.4. The van der Waals surface area contributed by atoms with E-state index < -0.39 is 12.2 Å². The average Bonchev–Trinajstić information content (AvgIpc) is 3.22. The zero-order chi connectivity index (χ0) is 23.1. The van der Waals surface area contributed by atoms with Crippen molar-refractivity contribution in [2.45, 2.75) is 31.6 Å². The molecule has 2 unspecified atom stereocenters. The number of aliphatic imine (C=N–C) groups is 1. The monoisotopic (exact) mass is 465 g/mol. The van der Waals surface area contributed by atoms with Crippen LogP contribution in [0, 0.1) is 0 Å². The SMILES string of the molecule is Nc1nc(N)c(C(=O)NC2=NCC(CCCc3ccc(OCC(O)OO)cc3)N2)nc1Cl. The third-order valence-corrected chi connectivity index (χ3v) is 4.90. The molecule has 0 saturated carbocycles. The molecule has 0 bridgehead atoms. The Bertz CT molecular complexity index is 973. The normalized spacial score (nSPS) is 16.2. The second-order valence-corrected chi connectivity index (χ2v) is 7.38. The van der Waals surface area contributed by atoms with E-state index in [0.29, 0.717) is 18.3 Å². The molecule has 1 aromatic carbocycles. The molecule has 0 spiro atoms. The molecule has 12 nitrogen and oxygen atoms in total. The van der Waals surface area contributed by atoms with E-state index in [-0.39, 0.29) is 35.1 Å². The van der Waals surface area contributed by atoms with Gasteiger partial charge in [0.25, 0.3) is 5.91 Å². The van der Waals surface area contributed by atoms with Crippen LogP contribution in [0.25, 0.3) is 0 Å². The predicted molar refractivity (Wildman–Crippen MR) is 117 cm³/mol. The van der Waals surface area contributed by atoms with E-state index in [1.54, 1.807) is 12.1 Å². The standard InChI is InChI=1S/C19H24ClN7O5/c20-15-17(22)26-16(21)14(25-15)18(29)27-19-23-8-11(24-19)3-1-2-10-4-6-12(7-5-10)31-9-13(28)32-30/h4-7,11,13,28,30H,1-3,8-9H2,(H4,21,22,26)(H2,23,24,27,29). The zero-order valence-electron chi connectivity index (χ0n) is 17.0. The minimum Gasteiger partial charge on any atom is -0.488 e. The Morgan fingerprint density at radius 1 is 1.28 bits per heavy atom. The number of halogens is 1. The number of guanidine groups is 1. The molecule has 0 radical (unpaired) electrons. The quantitative estimate of drug-likeness (QED) is 0.173. The molecule has 8 N–H and O–H groups in total. The maximum absolute atomic E-state index is 12.4. The number of hydrogen-bond donors (Lipinski definition) is 6. The summed E-state index contributed by atoms with van der Waals surface area (Å²) in [5.74, 6) is 0.154. The van der Waals surface area contributed by atoms with Gasteiger partial charge < -0.3 is 26.6 Å². The summed E-state index contributed by atoms with van der Waals surface area (Å²) in [5, 5.41) is 23.1. The second-order valence-electron chi connectivity index (χ2n) is 7.03. The van der Waals surface area contributed by atoms with Crippen LogP contribution in [0.1, 0.15) is 28.9 Å². The molecule has 172 valence electrons. The van der Waals surface area contributed by atoms with E-state index in [0.717, 1.165) is 24.8 Å². The molecule has 1 aromatic heterocycles. The highest BCUT2D eigenvalue weighted by Crippen LogP contribution is 2.18. The highest BCUT2D eigenvalue weighted by atomic mass is 35.5. The number of benzene rings is 1. The largest absolute Gasteiger partial charge is 0.488 e. The van der Waals surface area contributed by atoms with E-state index >= 15 is 0 Å². The minimum atomic E-state index is -1.39. The Labute approximate surface area is 188 Å². The van der Waals surface area contributed by atoms with Crippen molar-refractivity contribution in [1.29, 1.82) is 0 Å². The first-order valence-electron chi connectivity index (χ1n) is 9.76. The summed E-state index contributed by atoms with van der Waals surface area (Å²) >= 11 is 5.81. The number of ether oxygens (including phenoxy) is 1. The fourth-order valence-electron chi connectivity index (χ4n) is 3.00. The lowest BCUT2D eigenvalue weighted by Gasteiger charge is -2.13. The van der Waals surface area contributed by atoms with E-state index in [9.17, 15) is 4.79 Å². The zero-order valence-corrected chi connectivity index (χ0v) is 17.7. The fourth-order valence-corrected chi connectivity index (χ4v) is 3.13. The minimum absolute atomic E-state index is 0.0469. The third-order valence-electron chi connectivity index (χ3n) is 4.62. The number of carbonyl (C=O) groups is 1. The third kappa shape index (κ3) is 6.40. The molecule has 1 aliphatic rings. The first kappa shape index (κ1) is 23.5. The highest BCUT2D eigenvalue weighted by Gasteiger charge is 2.22. The summed E-state index contributed by atoms with van der Waals surface area (Å²) in [6, 6.07) is 7.50. The van der Waals surface area contributed by atoms with Gasteiger partial charge in [-0.3, -0.25) is 15.1 Å². The van der Waals surface area contributed by atoms with Crippen LogP contribution < -0.4 is 26.8 Å². The molecule has 1 amide bonds. The smallest absolute Gasteiger partial charge is 0.280 e. The van der Waals surface area contributed by atoms with Gasteiger partial charge in [-0.05, 0) is 37.0 Å². The van der Waals surface area contributed by atoms with Crippen LogP contribution in [0.5, 0.6) is 5.75 Å². The fraction of sp³-hybridized carbons (Fsp3) is 0.368. The van der Waals surface area contributed by atoms with Gasteiger partial charge in [-0.15, -0.1) is 0 Å². The number of carbonyl (C=O) groups excluding carboxylic acids is 1. The Kier molecular flexibility index (Phi) is 8.00. The van der Waals surface area contributed by atoms with Crippen molar-refractivity contribution in [2.75, 3.05) is 24.6 Å². The number of nitrogens with zero attached hydrogens (tertiary/aromatic N) is 3. The molecule has 13 heteroatoms. The number of hydrogen-bond acceptors (Lipinski definition) is 11. The molecule has 32 heavy (non-hydrogen) atoms. The Morgan fingerprint density at radius 3 is 2.75 bits per heavy atom. The molecule has 3 rings (SSSR count). The molecular weight excluding hydrogens is 442 g/mol. The van der Waals surface area contributed by atoms with Gasteiger partial charge in [0.05, 0.1) is 6.54 Å². The number of aliphatic hydroxyl groups excluding tert-OH is 1. The van der Waals surface area contributed by atoms with Crippen LogP contribution in [-0.4, -0.2) is 57.7 Å². The summed E-state index contributed by atoms with van der Waals surface area (Å²) in [7, 11) is 0. The summed E-state index contributed by atoms with van der Waals surface area (Å²) in [6.07, 6.45) is 1.20. The first-order valence-corrected chi connectivity index (χ1v) is 10.1. The van der Waals surface area contributed by atoms with Gasteiger partial charge in [0, 0.05) is 6.04 Å². The number of aromatic nitrogens is 2. The second kappa shape index (κ2) is 10.9. The van der Waals surface area contributed by atoms with Crippen molar-refractivity contribution in [3.8, 4) is 5.75 Å². The molecule has 0 fully saturated rings. The maximum Gasteiger partial charge on any atom is 0.280 e. The van der Waals surface area contributed by atoms with Crippen LogP contribution in [0.15, 0.2) is 29.3 Å². The van der Waals surface area contributed by atoms with Crippen molar-refractivity contribution in [3.63, 3.8) is 0 Å². The molecule has 0 saturated heterocycles. The van der Waals surface area contributed by atoms with E-state index in [2.05, 4.69) is 30.5 Å². The number of anilines is 2. The highest BCUT2D eigenvalue weighted by molar-refractivity contribution is 6.31. The molecular formula is C19H24ClN7O5. The van der Waals surface area contributed by atoms with Crippen LogP contribution in [0.2, 0.25) is 5.15 Å². The number of rotatable bonds is 9. The van der Waals surface area contributed by atoms with Crippen molar-refractivity contribution in [3.05, 3.63) is 40.7 Å². The summed E-state index contributed by atoms with van der Waals surface area (Å²) in [4.78, 5) is 28.0. The number of aryl methyl sites for hydroxylation is 1. The lowest BCUT2D eigenvalue weighted by molar-refractivity contribution is -0.338. The van der Waals surface area contributed by atoms with E-state index in [1.165, 1.54) is 0 Å². The summed E-state index contributed by atoms with van der Waals surface area (Å²) < 4.78 is 5.27. The molecule has 2 heterocycles. The van der Waals surface area contributed by atoms with Gasteiger partial charge in [-0.25, -0.2) is 20.1 Å². The molecule has 2 aromatic rings. The molecule has 0 aliphatic carbocycles. The van der Waals surface area contributed by atoms with Crippen LogP contribution in [-0.2, 0) is 11.3 Å². The van der Waals surface area contributed by atoms with Gasteiger partial charge in [0.2, 0.25) is 6.29 Å². The topological polar surface area (TPSA) is 190 Å². The van der Waals surface area contributed by atoms with E-state index in [4.69, 9.17) is 38.2 Å². The lowest BCUT2D eigenvalue weighted by Crippen LogP contribution is -2.42. The summed E-state index contributed by atoms with van der Waals surface area (Å²) in [5.41, 5.74) is 12.2. The van der Waals surface area contributed by atoms with Gasteiger partial charge in [-0.2, -0.15) is 0 Å². The van der Waals surface area contributed by atoms with Gasteiger partial charge in [0.1, 0.15) is 12.4 Å². The number of aliphatic hydroxyl groups is 1. The van der Waals surface area contributed by atoms with Crippen LogP contribution >= 0.6 is 11.6 Å². The molecule has 2 atom stereocenters. The Hall–Kier alpha value is -3.19. The van der Waals surface area contributed by atoms with Crippen molar-refractivity contribution < 1.29 is 24.8 Å². The van der Waals surface area contributed by atoms with Gasteiger partial charge in [0.15, 0.2) is 28.4 Å². The number of nitrogens with one attached hydrogen (secondary N) is 2. The van der Waals surface area contributed by atoms with Crippen molar-refractivity contribution in [2.24, 2.45) is 4.99 Å². The Balaban J connectivity index is 1.40. The predicted octanol–water partition coefficient (Wildman–Crippen LogP) is 0.562. The summed E-state index contributed by atoms with van der Waals surface area (Å²) in [6.45, 7) is 0.355. The van der Waals surface area contributed by atoms with Gasteiger partial charge >= 0.3 is 0 Å². The Morgan fingerprint density at radius 2 is 2.03 bits per heavy atom. The van der Waals surface area contributed by atoms with Crippen LogP contribution in [0.3, 0.4) is 0 Å². The number of nitrogen functional groups attached to an aromatic ring is 2. The average molecular weight is 466 g/mol. The van der Waals surface area contributed by atoms with E-state index in [1.807, 2.05) is 12.1 Å². The van der Waals surface area contributed by atoms with Crippen molar-refractivity contribution >= 4 is 35.1 Å². The van der Waals surface area contributed by atoms with Crippen LogP contribution in [0.4, 0.5) is 11.6 Å². The van der Waals surface area contributed by atoms with Crippen molar-refractivity contribution in [1.82, 2.24) is 20.6 Å². The number of amides is 1. The van der Waals surface area contributed by atoms with Gasteiger partial charge in [-0.1, -0.05) is 23.7 Å².